The molecule has 0 saturated carbocycles. The third kappa shape index (κ3) is 7.14. The van der Waals surface area contributed by atoms with Gasteiger partial charge in [-0.2, -0.15) is 11.8 Å². The topological polar surface area (TPSA) is 9.23 Å². The van der Waals surface area contributed by atoms with Crippen molar-refractivity contribution in [3.8, 4) is 0 Å². The van der Waals surface area contributed by atoms with Crippen molar-refractivity contribution in [2.45, 2.75) is 63.4 Å². The zero-order valence-corrected chi connectivity index (χ0v) is 15.0. The third-order valence-corrected chi connectivity index (χ3v) is 11.4. The van der Waals surface area contributed by atoms with Crippen molar-refractivity contribution < 1.29 is 4.43 Å². The van der Waals surface area contributed by atoms with Gasteiger partial charge in [-0.05, 0) is 31.3 Å². The number of rotatable bonds is 8. The Labute approximate surface area is 109 Å². The molecule has 0 saturated heterocycles. The van der Waals surface area contributed by atoms with Gasteiger partial charge in [-0.15, -0.1) is 0 Å². The lowest BCUT2D eigenvalue weighted by Crippen LogP contribution is -2.45. The van der Waals surface area contributed by atoms with E-state index in [4.69, 9.17) is 4.43 Å². The first-order chi connectivity index (χ1) is 7.23. The smallest absolute Gasteiger partial charge is 0.198 e. The normalized spacial score (nSPS) is 15.2. The molecule has 0 aromatic rings. The highest BCUT2D eigenvalue weighted by Crippen LogP contribution is 2.31. The molecule has 16 heavy (non-hydrogen) atoms. The molecule has 0 aromatic heterocycles. The second kappa shape index (κ2) is 7.24. The van der Waals surface area contributed by atoms with E-state index in [9.17, 15) is 0 Å². The summed E-state index contributed by atoms with van der Waals surface area (Å²) in [6.07, 6.45) is 2.66. The van der Waals surface area contributed by atoms with Gasteiger partial charge in [-0.3, -0.25) is 0 Å². The van der Waals surface area contributed by atoms with E-state index in [1.165, 1.54) is 24.6 Å². The number of hydrogen-bond donors (Lipinski definition) is 0. The summed E-state index contributed by atoms with van der Waals surface area (Å²) in [4.78, 5) is 0.788. The van der Waals surface area contributed by atoms with Crippen LogP contribution in [0.1, 0.15) is 19.8 Å². The third-order valence-electron chi connectivity index (χ3n) is 2.92. The summed E-state index contributed by atoms with van der Waals surface area (Å²) in [6.45, 7) is 14.4. The molecular weight excluding hydrogens is 248 g/mol. The minimum absolute atomic E-state index is 0.788. The van der Waals surface area contributed by atoms with Gasteiger partial charge in [0.05, 0.1) is 0 Å². The van der Waals surface area contributed by atoms with Crippen LogP contribution in [0.5, 0.6) is 0 Å². The van der Waals surface area contributed by atoms with Crippen LogP contribution < -0.4 is 0 Å². The van der Waals surface area contributed by atoms with Gasteiger partial charge in [-0.25, -0.2) is 0 Å². The zero-order chi connectivity index (χ0) is 12.8. The van der Waals surface area contributed by atoms with Gasteiger partial charge in [-0.1, -0.05) is 33.0 Å². The van der Waals surface area contributed by atoms with E-state index in [0.29, 0.717) is 0 Å². The molecule has 0 heterocycles. The molecule has 0 aliphatic carbocycles. The molecule has 0 bridgehead atoms. The molecule has 0 radical (unpaired) electrons. The lowest BCUT2D eigenvalue weighted by Gasteiger charge is -2.34. The summed E-state index contributed by atoms with van der Waals surface area (Å²) < 4.78 is 5.82. The number of hydrogen-bond acceptors (Lipinski definition) is 2. The maximum Gasteiger partial charge on any atom is 0.198 e. The largest absolute Gasteiger partial charge is 0.419 e. The van der Waals surface area contributed by atoms with Crippen LogP contribution in [0, 0.1) is 0 Å². The van der Waals surface area contributed by atoms with E-state index in [2.05, 4.69) is 51.4 Å². The number of unbranched alkanes of at least 4 members (excludes halogenated alkanes) is 1. The molecule has 0 fully saturated rings. The molecule has 0 aliphatic heterocycles. The highest BCUT2D eigenvalue weighted by atomic mass is 32.2. The predicted octanol–water partition coefficient (Wildman–Crippen LogP) is 4.62. The van der Waals surface area contributed by atoms with Crippen molar-refractivity contribution in [3.63, 3.8) is 0 Å². The van der Waals surface area contributed by atoms with E-state index in [1.54, 1.807) is 0 Å². The maximum absolute atomic E-state index is 5.82. The minimum Gasteiger partial charge on any atom is -0.419 e. The summed E-state index contributed by atoms with van der Waals surface area (Å²) in [5.74, 6) is 1.31. The fourth-order valence-electron chi connectivity index (χ4n) is 1.56. The van der Waals surface area contributed by atoms with Crippen LogP contribution in [0.4, 0.5) is 0 Å². The highest BCUT2D eigenvalue weighted by Gasteiger charge is 2.36. The summed E-state index contributed by atoms with van der Waals surface area (Å²) in [5.41, 5.74) is 0. The van der Waals surface area contributed by atoms with Crippen LogP contribution in [0.15, 0.2) is 0 Å². The first kappa shape index (κ1) is 16.7. The lowest BCUT2D eigenvalue weighted by atomic mass is 10.4. The lowest BCUT2D eigenvalue weighted by molar-refractivity contribution is 0.403. The zero-order valence-electron chi connectivity index (χ0n) is 12.2. The highest BCUT2D eigenvalue weighted by molar-refractivity contribution is 8.01. The van der Waals surface area contributed by atoms with Crippen molar-refractivity contribution in [2.24, 2.45) is 0 Å². The average molecular weight is 279 g/mol. The predicted molar refractivity (Wildman–Crippen MR) is 83.8 cm³/mol. The molecule has 98 valence electrons. The Morgan fingerprint density at radius 1 is 1.12 bits per heavy atom. The average Bonchev–Trinajstić information content (AvgIpc) is 2.15. The van der Waals surface area contributed by atoms with Crippen LogP contribution in [-0.4, -0.2) is 34.1 Å². The van der Waals surface area contributed by atoms with Gasteiger partial charge >= 0.3 is 0 Å². The summed E-state index contributed by atoms with van der Waals surface area (Å²) in [5, 5.41) is 0. The van der Waals surface area contributed by atoms with Crippen LogP contribution in [0.25, 0.3) is 0 Å². The fraction of sp³-hybridized carbons (Fsp3) is 1.00. The van der Waals surface area contributed by atoms with Crippen LogP contribution >= 0.6 is 11.8 Å². The Morgan fingerprint density at radius 2 is 1.69 bits per heavy atom. The minimum atomic E-state index is -1.47. The van der Waals surface area contributed by atoms with Gasteiger partial charge in [0, 0.05) is 20.1 Å². The van der Waals surface area contributed by atoms with Crippen molar-refractivity contribution in [1.82, 2.24) is 0 Å². The van der Waals surface area contributed by atoms with Crippen molar-refractivity contribution in [3.05, 3.63) is 0 Å². The van der Waals surface area contributed by atoms with Crippen molar-refractivity contribution >= 4 is 28.2 Å². The second-order valence-corrected chi connectivity index (χ2v) is 17.9. The molecule has 0 aromatic carbocycles. The summed E-state index contributed by atoms with van der Waals surface area (Å²) in [6, 6.07) is 1.41. The van der Waals surface area contributed by atoms with Gasteiger partial charge in [0.2, 0.25) is 0 Å². The monoisotopic (exact) mass is 278 g/mol. The molecule has 0 aliphatic rings. The molecule has 1 unspecified atom stereocenters. The molecule has 1 atom stereocenters. The van der Waals surface area contributed by atoms with E-state index in [1.807, 2.05) is 7.11 Å². The Kier molecular flexibility index (Phi) is 7.58. The Hall–Kier alpha value is 0.744. The van der Waals surface area contributed by atoms with Gasteiger partial charge in [0.1, 0.15) is 0 Å². The number of thioether (sulfide) groups is 1. The molecule has 4 heteroatoms. The van der Waals surface area contributed by atoms with Crippen molar-refractivity contribution in [2.75, 3.05) is 12.9 Å². The van der Waals surface area contributed by atoms with Crippen LogP contribution in [-0.2, 0) is 4.43 Å². The first-order valence-corrected chi connectivity index (χ1v) is 14.1. The molecule has 1 nitrogen and oxygen atoms in total. The maximum atomic E-state index is 5.82. The van der Waals surface area contributed by atoms with E-state index < -0.39 is 16.4 Å². The Morgan fingerprint density at radius 3 is 2.06 bits per heavy atom. The fourth-order valence-corrected chi connectivity index (χ4v) is 11.7. The molecular formula is C12H30OSSi2. The van der Waals surface area contributed by atoms with Crippen LogP contribution in [0.2, 0.25) is 38.8 Å². The van der Waals surface area contributed by atoms with E-state index in [-0.39, 0.29) is 0 Å². The second-order valence-electron chi connectivity index (χ2n) is 6.29. The Bertz CT molecular complexity index is 190. The molecule has 0 amide bonds. The van der Waals surface area contributed by atoms with Gasteiger partial charge in [0.25, 0.3) is 0 Å². The SMILES string of the molecule is CCCCSC(C[Si](C)(C)C)[Si](C)(C)OC. The molecule has 0 spiro atoms. The molecule has 0 N–H and O–H groups in total. The summed E-state index contributed by atoms with van der Waals surface area (Å²) in [7, 11) is -0.535. The quantitative estimate of drug-likeness (QED) is 0.473. The first-order valence-electron chi connectivity index (χ1n) is 6.39. The van der Waals surface area contributed by atoms with Gasteiger partial charge in [0.15, 0.2) is 8.32 Å². The standard InChI is InChI=1S/C12H30OSSi2/c1-8-9-10-14-12(11-15(3,4)5)16(6,7)13-2/h12H,8-11H2,1-7H3. The molecule has 0 rings (SSSR count). The summed E-state index contributed by atoms with van der Waals surface area (Å²) >= 11 is 2.18. The van der Waals surface area contributed by atoms with Gasteiger partial charge < -0.3 is 4.43 Å². The van der Waals surface area contributed by atoms with Crippen LogP contribution in [0.3, 0.4) is 0 Å². The van der Waals surface area contributed by atoms with Crippen molar-refractivity contribution in [1.29, 1.82) is 0 Å². The van der Waals surface area contributed by atoms with E-state index >= 15 is 0 Å². The van der Waals surface area contributed by atoms with E-state index in [0.717, 1.165) is 4.87 Å². The Balaban J connectivity index is 4.39.